The summed E-state index contributed by atoms with van der Waals surface area (Å²) < 4.78 is 8.36. The zero-order valence-corrected chi connectivity index (χ0v) is 17.2. The van der Waals surface area contributed by atoms with E-state index in [0.717, 1.165) is 22.4 Å². The van der Waals surface area contributed by atoms with Gasteiger partial charge in [0.25, 0.3) is 5.82 Å². The number of furan rings is 1. The lowest BCUT2D eigenvalue weighted by Gasteiger charge is -2.26. The monoisotopic (exact) mass is 380 g/mol. The van der Waals surface area contributed by atoms with Crippen LogP contribution >= 0.6 is 0 Å². The normalized spacial score (nSPS) is 13.6. The van der Waals surface area contributed by atoms with E-state index in [1.54, 1.807) is 6.20 Å². The van der Waals surface area contributed by atoms with Gasteiger partial charge in [-0.05, 0) is 50.0 Å². The summed E-state index contributed by atoms with van der Waals surface area (Å²) in [6.07, 6.45) is 6.21. The van der Waals surface area contributed by atoms with Crippen LogP contribution in [0.2, 0.25) is 6.82 Å². The largest absolute Gasteiger partial charge is 0.447 e. The second-order valence-electron chi connectivity index (χ2n) is 7.77. The van der Waals surface area contributed by atoms with Gasteiger partial charge in [0.05, 0.1) is 18.9 Å². The van der Waals surface area contributed by atoms with Gasteiger partial charge in [0, 0.05) is 28.8 Å². The molecule has 1 aromatic carbocycles. The third kappa shape index (κ3) is 2.77. The Morgan fingerprint density at radius 2 is 1.86 bits per heavy atom. The molecule has 1 aliphatic heterocycles. The van der Waals surface area contributed by atoms with Gasteiger partial charge in [0.15, 0.2) is 0 Å². The molecule has 5 heteroatoms. The molecule has 1 aliphatic rings. The standard InChI is InChI=1S/C24H23BN3O/c1-16-13-22(27(4)15-21(16)18-9-6-5-7-10-18)28-17(2)14-20-19-11-8-12-26-24(19)29-23(20)25(28)3/h5-15H,1-4H3/q+1. The molecule has 0 spiro atoms. The van der Waals surface area contributed by atoms with Crippen molar-refractivity contribution in [2.75, 3.05) is 4.81 Å². The average Bonchev–Trinajstić information content (AvgIpc) is 3.10. The molecule has 142 valence electrons. The van der Waals surface area contributed by atoms with Crippen LogP contribution in [-0.4, -0.2) is 11.8 Å². The van der Waals surface area contributed by atoms with Crippen molar-refractivity contribution in [1.82, 2.24) is 4.98 Å². The molecule has 3 aromatic heterocycles. The lowest BCUT2D eigenvalue weighted by molar-refractivity contribution is -0.657. The quantitative estimate of drug-likeness (QED) is 0.383. The molecule has 0 atom stereocenters. The molecule has 29 heavy (non-hydrogen) atoms. The summed E-state index contributed by atoms with van der Waals surface area (Å²) in [5, 5.41) is 1.08. The number of benzene rings is 1. The summed E-state index contributed by atoms with van der Waals surface area (Å²) in [6.45, 7) is 6.61. The highest BCUT2D eigenvalue weighted by Crippen LogP contribution is 2.31. The third-order valence-electron chi connectivity index (χ3n) is 5.82. The third-order valence-corrected chi connectivity index (χ3v) is 5.82. The van der Waals surface area contributed by atoms with Gasteiger partial charge >= 0.3 is 6.85 Å². The van der Waals surface area contributed by atoms with Crippen LogP contribution in [-0.2, 0) is 7.05 Å². The van der Waals surface area contributed by atoms with E-state index < -0.39 is 0 Å². The van der Waals surface area contributed by atoms with Crippen LogP contribution in [0.3, 0.4) is 0 Å². The van der Waals surface area contributed by atoms with Crippen LogP contribution in [0.4, 0.5) is 5.82 Å². The van der Waals surface area contributed by atoms with Crippen LogP contribution in [0.1, 0.15) is 18.1 Å². The summed E-state index contributed by atoms with van der Waals surface area (Å²) >= 11 is 0. The van der Waals surface area contributed by atoms with Gasteiger partial charge in [-0.3, -0.25) is 4.81 Å². The Morgan fingerprint density at radius 1 is 1.07 bits per heavy atom. The van der Waals surface area contributed by atoms with Crippen molar-refractivity contribution in [3.63, 3.8) is 0 Å². The summed E-state index contributed by atoms with van der Waals surface area (Å²) in [5.41, 5.74) is 7.74. The van der Waals surface area contributed by atoms with Gasteiger partial charge in [-0.1, -0.05) is 30.3 Å². The van der Waals surface area contributed by atoms with E-state index in [1.807, 2.05) is 6.07 Å². The van der Waals surface area contributed by atoms with Gasteiger partial charge in [0.2, 0.25) is 5.71 Å². The molecule has 0 unspecified atom stereocenters. The predicted octanol–water partition coefficient (Wildman–Crippen LogP) is 4.34. The highest BCUT2D eigenvalue weighted by Gasteiger charge is 2.41. The number of aromatic nitrogens is 2. The van der Waals surface area contributed by atoms with Gasteiger partial charge in [-0.25, -0.2) is 9.55 Å². The van der Waals surface area contributed by atoms with Crippen molar-refractivity contribution < 1.29 is 8.98 Å². The molecule has 4 heterocycles. The highest BCUT2D eigenvalue weighted by atomic mass is 16.3. The first kappa shape index (κ1) is 17.7. The van der Waals surface area contributed by atoms with Crippen molar-refractivity contribution in [1.29, 1.82) is 0 Å². The molecule has 0 bridgehead atoms. The Bertz CT molecular complexity index is 1260. The summed E-state index contributed by atoms with van der Waals surface area (Å²) in [5.74, 6) is 1.14. The van der Waals surface area contributed by atoms with Gasteiger partial charge in [-0.2, -0.15) is 0 Å². The molecule has 4 nitrogen and oxygen atoms in total. The van der Waals surface area contributed by atoms with Crippen molar-refractivity contribution in [3.8, 4) is 11.1 Å². The average molecular weight is 380 g/mol. The number of aryl methyl sites for hydroxylation is 2. The SMILES string of the molecule is CB1c2oc3ncccc3c2C=C(C)N1c1cc(C)c(-c2ccccc2)c[n+]1C. The second-order valence-corrected chi connectivity index (χ2v) is 7.77. The fourth-order valence-electron chi connectivity index (χ4n) is 4.40. The predicted molar refractivity (Wildman–Crippen MR) is 119 cm³/mol. The van der Waals surface area contributed by atoms with Crippen LogP contribution in [0.5, 0.6) is 0 Å². The Hall–Kier alpha value is -3.34. The number of anilines is 1. The maximum absolute atomic E-state index is 6.16. The molecule has 0 fully saturated rings. The summed E-state index contributed by atoms with van der Waals surface area (Å²) in [7, 11) is 2.11. The lowest BCUT2D eigenvalue weighted by atomic mass is 9.57. The maximum atomic E-state index is 6.16. The molecular weight excluding hydrogens is 357 g/mol. The van der Waals surface area contributed by atoms with Crippen molar-refractivity contribution >= 4 is 35.5 Å². The number of allylic oxidation sites excluding steroid dienone is 1. The molecule has 5 rings (SSSR count). The van der Waals surface area contributed by atoms with E-state index in [2.05, 4.69) is 96.8 Å². The van der Waals surface area contributed by atoms with E-state index in [0.29, 0.717) is 5.71 Å². The first-order valence-corrected chi connectivity index (χ1v) is 9.95. The minimum atomic E-state index is 0.0809. The first-order valence-electron chi connectivity index (χ1n) is 9.95. The van der Waals surface area contributed by atoms with E-state index in [-0.39, 0.29) is 6.85 Å². The molecule has 4 aromatic rings. The summed E-state index contributed by atoms with van der Waals surface area (Å²) in [6, 6.07) is 16.8. The smallest absolute Gasteiger partial charge is 0.447 e. The fraction of sp³-hybridized carbons (Fsp3) is 0.167. The minimum absolute atomic E-state index is 0.0809. The number of fused-ring (bicyclic) bond motifs is 3. The van der Waals surface area contributed by atoms with Gasteiger partial charge < -0.3 is 4.42 Å². The van der Waals surface area contributed by atoms with Crippen LogP contribution in [0.25, 0.3) is 28.3 Å². The van der Waals surface area contributed by atoms with Gasteiger partial charge in [-0.15, -0.1) is 0 Å². The second kappa shape index (κ2) is 6.62. The number of nitrogens with zero attached hydrogens (tertiary/aromatic N) is 3. The molecule has 0 amide bonds. The van der Waals surface area contributed by atoms with E-state index in [4.69, 9.17) is 4.42 Å². The molecule has 0 saturated heterocycles. The zero-order chi connectivity index (χ0) is 20.1. The number of hydrogen-bond acceptors (Lipinski definition) is 3. The lowest BCUT2D eigenvalue weighted by Crippen LogP contribution is -2.52. The molecular formula is C24H23BN3O+. The molecule has 0 radical (unpaired) electrons. The number of hydrogen-bond donors (Lipinski definition) is 0. The number of rotatable bonds is 2. The van der Waals surface area contributed by atoms with Crippen molar-refractivity contribution in [3.05, 3.63) is 77.7 Å². The van der Waals surface area contributed by atoms with E-state index in [9.17, 15) is 0 Å². The molecule has 0 saturated carbocycles. The fourth-order valence-corrected chi connectivity index (χ4v) is 4.40. The zero-order valence-electron chi connectivity index (χ0n) is 17.2. The Morgan fingerprint density at radius 3 is 2.66 bits per heavy atom. The Kier molecular flexibility index (Phi) is 4.05. The van der Waals surface area contributed by atoms with Crippen LogP contribution in [0, 0.1) is 6.92 Å². The number of pyridine rings is 2. The van der Waals surface area contributed by atoms with Crippen molar-refractivity contribution in [2.24, 2.45) is 7.05 Å². The Labute approximate surface area is 171 Å². The highest BCUT2D eigenvalue weighted by molar-refractivity contribution is 6.76. The Balaban J connectivity index is 1.62. The summed E-state index contributed by atoms with van der Waals surface area (Å²) in [4.78, 5) is 6.74. The molecule has 0 aliphatic carbocycles. The maximum Gasteiger partial charge on any atom is 0.447 e. The van der Waals surface area contributed by atoms with Crippen LogP contribution < -0.4 is 15.0 Å². The van der Waals surface area contributed by atoms with Gasteiger partial charge in [0.1, 0.15) is 5.66 Å². The minimum Gasteiger partial charge on any atom is -0.447 e. The van der Waals surface area contributed by atoms with E-state index in [1.165, 1.54) is 22.4 Å². The van der Waals surface area contributed by atoms with E-state index >= 15 is 0 Å². The van der Waals surface area contributed by atoms with Crippen molar-refractivity contribution in [2.45, 2.75) is 20.7 Å². The molecule has 0 N–H and O–H groups in total. The van der Waals surface area contributed by atoms with Crippen LogP contribution in [0.15, 0.2) is 71.0 Å². The topological polar surface area (TPSA) is 33.2 Å². The first-order chi connectivity index (χ1) is 14.0.